The van der Waals surface area contributed by atoms with Crippen LogP contribution in [0, 0.1) is 19.8 Å². The van der Waals surface area contributed by atoms with E-state index in [0.29, 0.717) is 32.2 Å². The number of carbonyl (C=O) groups excluding carboxylic acids is 1. The van der Waals surface area contributed by atoms with Crippen LogP contribution in [0.3, 0.4) is 0 Å². The van der Waals surface area contributed by atoms with Crippen LogP contribution < -0.4 is 5.32 Å². The van der Waals surface area contributed by atoms with Gasteiger partial charge in [-0.05, 0) is 32.8 Å². The summed E-state index contributed by atoms with van der Waals surface area (Å²) in [5, 5.41) is 7.46. The average molecular weight is 294 g/mol. The van der Waals surface area contributed by atoms with Gasteiger partial charge in [-0.15, -0.1) is 0 Å². The highest BCUT2D eigenvalue weighted by atomic mass is 16.5. The Morgan fingerprint density at radius 1 is 1.57 bits per heavy atom. The first-order chi connectivity index (χ1) is 9.95. The quantitative estimate of drug-likeness (QED) is 0.917. The van der Waals surface area contributed by atoms with Gasteiger partial charge < -0.3 is 15.0 Å². The van der Waals surface area contributed by atoms with Gasteiger partial charge in [-0.1, -0.05) is 6.92 Å². The van der Waals surface area contributed by atoms with E-state index in [9.17, 15) is 4.79 Å². The third-order valence-electron chi connectivity index (χ3n) is 3.72. The lowest BCUT2D eigenvalue weighted by Crippen LogP contribution is -2.49. The lowest BCUT2D eigenvalue weighted by atomic mass is 10.2. The van der Waals surface area contributed by atoms with Crippen LogP contribution in [0.4, 0.5) is 4.79 Å². The van der Waals surface area contributed by atoms with Crippen LogP contribution in [-0.4, -0.2) is 53.1 Å². The van der Waals surface area contributed by atoms with Gasteiger partial charge in [0.05, 0.1) is 18.4 Å². The van der Waals surface area contributed by atoms with Crippen LogP contribution in [0.25, 0.3) is 0 Å². The Bertz CT molecular complexity index is 486. The Morgan fingerprint density at radius 2 is 2.33 bits per heavy atom. The molecule has 118 valence electrons. The van der Waals surface area contributed by atoms with E-state index < -0.39 is 0 Å². The van der Waals surface area contributed by atoms with Crippen molar-refractivity contribution in [3.63, 3.8) is 0 Å². The summed E-state index contributed by atoms with van der Waals surface area (Å²) in [7, 11) is 0. The van der Waals surface area contributed by atoms with Gasteiger partial charge in [0.15, 0.2) is 0 Å². The number of ether oxygens (including phenoxy) is 1. The van der Waals surface area contributed by atoms with Gasteiger partial charge in [-0.2, -0.15) is 5.10 Å². The number of aryl methyl sites for hydroxylation is 2. The minimum absolute atomic E-state index is 0.00497. The van der Waals surface area contributed by atoms with Gasteiger partial charge in [-0.3, -0.25) is 4.68 Å². The topological polar surface area (TPSA) is 59.4 Å². The Kier molecular flexibility index (Phi) is 5.22. The molecule has 1 aliphatic heterocycles. The Hall–Kier alpha value is -1.56. The molecule has 2 rings (SSSR count). The molecule has 0 unspecified atom stereocenters. The zero-order valence-corrected chi connectivity index (χ0v) is 13.4. The number of hydrogen-bond donors (Lipinski definition) is 1. The predicted octanol–water partition coefficient (Wildman–Crippen LogP) is 1.57. The number of nitrogens with zero attached hydrogens (tertiary/aromatic N) is 3. The molecule has 1 aromatic heterocycles. The van der Waals surface area contributed by atoms with E-state index in [-0.39, 0.29) is 12.1 Å². The smallest absolute Gasteiger partial charge is 0.317 e. The first-order valence-corrected chi connectivity index (χ1v) is 7.61. The van der Waals surface area contributed by atoms with E-state index in [2.05, 4.69) is 30.3 Å². The molecule has 2 amide bonds. The summed E-state index contributed by atoms with van der Waals surface area (Å²) < 4.78 is 7.45. The highest BCUT2D eigenvalue weighted by Gasteiger charge is 2.21. The average Bonchev–Trinajstić information content (AvgIpc) is 2.74. The second-order valence-electron chi connectivity index (χ2n) is 6.03. The molecule has 1 aromatic rings. The largest absolute Gasteiger partial charge is 0.375 e. The van der Waals surface area contributed by atoms with Crippen molar-refractivity contribution in [2.24, 2.45) is 5.92 Å². The molecular formula is C15H26N4O2. The molecule has 0 bridgehead atoms. The van der Waals surface area contributed by atoms with Crippen LogP contribution in [-0.2, 0) is 11.3 Å². The van der Waals surface area contributed by atoms with Crippen LogP contribution in [0.2, 0.25) is 0 Å². The molecule has 1 aliphatic rings. The molecule has 21 heavy (non-hydrogen) atoms. The monoisotopic (exact) mass is 294 g/mol. The maximum Gasteiger partial charge on any atom is 0.317 e. The van der Waals surface area contributed by atoms with E-state index in [1.807, 2.05) is 23.4 Å². The fraction of sp³-hybridized carbons (Fsp3) is 0.733. The van der Waals surface area contributed by atoms with E-state index in [1.165, 1.54) is 0 Å². The molecule has 0 spiro atoms. The lowest BCUT2D eigenvalue weighted by Gasteiger charge is -2.31. The molecule has 0 aromatic carbocycles. The lowest BCUT2D eigenvalue weighted by molar-refractivity contribution is -0.00357. The second-order valence-corrected chi connectivity index (χ2v) is 6.03. The predicted molar refractivity (Wildman–Crippen MR) is 81.3 cm³/mol. The van der Waals surface area contributed by atoms with Crippen molar-refractivity contribution in [3.05, 3.63) is 17.5 Å². The summed E-state index contributed by atoms with van der Waals surface area (Å²) in [4.78, 5) is 13.9. The number of urea groups is 1. The van der Waals surface area contributed by atoms with Crippen molar-refractivity contribution in [1.82, 2.24) is 20.0 Å². The Balaban J connectivity index is 1.77. The first-order valence-electron chi connectivity index (χ1n) is 7.61. The SMILES string of the molecule is Cc1cc(C)n(C[C@@H](C)CNC(=O)N2CCO[C@H](C)C2)n1. The standard InChI is InChI=1S/C15H26N4O2/c1-11(9-19-13(3)7-12(2)17-19)8-16-15(20)18-5-6-21-14(4)10-18/h7,11,14H,5-6,8-10H2,1-4H3,(H,16,20)/t11-,14+/m0/s1. The summed E-state index contributed by atoms with van der Waals surface area (Å²) in [5.74, 6) is 0.338. The number of nitrogens with one attached hydrogen (secondary N) is 1. The number of morpholine rings is 1. The molecule has 6 nitrogen and oxygen atoms in total. The van der Waals surface area contributed by atoms with Gasteiger partial charge >= 0.3 is 6.03 Å². The van der Waals surface area contributed by atoms with Gasteiger partial charge in [0.25, 0.3) is 0 Å². The Labute approximate surface area is 126 Å². The van der Waals surface area contributed by atoms with E-state index in [1.54, 1.807) is 0 Å². The highest BCUT2D eigenvalue weighted by Crippen LogP contribution is 2.07. The maximum atomic E-state index is 12.1. The molecule has 1 saturated heterocycles. The molecule has 2 heterocycles. The number of rotatable bonds is 4. The molecule has 0 radical (unpaired) electrons. The van der Waals surface area contributed by atoms with E-state index in [0.717, 1.165) is 17.9 Å². The Morgan fingerprint density at radius 3 is 2.95 bits per heavy atom. The molecule has 1 fully saturated rings. The van der Waals surface area contributed by atoms with Gasteiger partial charge in [0, 0.05) is 31.9 Å². The van der Waals surface area contributed by atoms with Gasteiger partial charge in [-0.25, -0.2) is 4.79 Å². The van der Waals surface area contributed by atoms with Crippen molar-refractivity contribution < 1.29 is 9.53 Å². The number of hydrogen-bond acceptors (Lipinski definition) is 3. The van der Waals surface area contributed by atoms with Crippen molar-refractivity contribution in [3.8, 4) is 0 Å². The summed E-state index contributed by atoms with van der Waals surface area (Å²) in [5.41, 5.74) is 2.19. The third kappa shape index (κ3) is 4.46. The number of carbonyl (C=O) groups is 1. The third-order valence-corrected chi connectivity index (χ3v) is 3.72. The van der Waals surface area contributed by atoms with Crippen molar-refractivity contribution in [2.75, 3.05) is 26.2 Å². The van der Waals surface area contributed by atoms with Crippen LogP contribution in [0.15, 0.2) is 6.07 Å². The molecule has 0 saturated carbocycles. The maximum absolute atomic E-state index is 12.1. The zero-order valence-electron chi connectivity index (χ0n) is 13.4. The van der Waals surface area contributed by atoms with Crippen molar-refractivity contribution in [1.29, 1.82) is 0 Å². The van der Waals surface area contributed by atoms with Crippen LogP contribution in [0.1, 0.15) is 25.2 Å². The van der Waals surface area contributed by atoms with E-state index >= 15 is 0 Å². The van der Waals surface area contributed by atoms with Crippen molar-refractivity contribution >= 4 is 6.03 Å². The summed E-state index contributed by atoms with van der Waals surface area (Å²) in [6.07, 6.45) is 0.122. The summed E-state index contributed by atoms with van der Waals surface area (Å²) in [6, 6.07) is 2.07. The summed E-state index contributed by atoms with van der Waals surface area (Å²) in [6.45, 7) is 11.6. The van der Waals surface area contributed by atoms with Gasteiger partial charge in [0.2, 0.25) is 0 Å². The fourth-order valence-corrected chi connectivity index (χ4v) is 2.60. The second kappa shape index (κ2) is 6.93. The molecule has 0 aliphatic carbocycles. The van der Waals surface area contributed by atoms with Crippen LogP contribution in [0.5, 0.6) is 0 Å². The number of amides is 2. The molecular weight excluding hydrogens is 268 g/mol. The minimum Gasteiger partial charge on any atom is -0.375 e. The number of aromatic nitrogens is 2. The fourth-order valence-electron chi connectivity index (χ4n) is 2.60. The van der Waals surface area contributed by atoms with Crippen molar-refractivity contribution in [2.45, 2.75) is 40.3 Å². The molecule has 2 atom stereocenters. The summed E-state index contributed by atoms with van der Waals surface area (Å²) >= 11 is 0. The first kappa shape index (κ1) is 15.8. The van der Waals surface area contributed by atoms with Crippen LogP contribution >= 0.6 is 0 Å². The van der Waals surface area contributed by atoms with Gasteiger partial charge in [0.1, 0.15) is 0 Å². The molecule has 6 heteroatoms. The highest BCUT2D eigenvalue weighted by molar-refractivity contribution is 5.74. The normalized spacial score (nSPS) is 20.4. The molecule has 1 N–H and O–H groups in total. The van der Waals surface area contributed by atoms with E-state index in [4.69, 9.17) is 4.74 Å². The minimum atomic E-state index is 0.00497. The zero-order chi connectivity index (χ0) is 15.4.